The normalized spacial score (nSPS) is 13.7. The van der Waals surface area contributed by atoms with E-state index in [4.69, 9.17) is 0 Å². The van der Waals surface area contributed by atoms with Gasteiger partial charge < -0.3 is 10.6 Å². The zero-order valence-electron chi connectivity index (χ0n) is 12.9. The summed E-state index contributed by atoms with van der Waals surface area (Å²) in [6.45, 7) is 3.77. The third kappa shape index (κ3) is 3.39. The van der Waals surface area contributed by atoms with Crippen molar-refractivity contribution in [1.29, 1.82) is 0 Å². The van der Waals surface area contributed by atoms with Crippen molar-refractivity contribution in [2.24, 2.45) is 0 Å². The second-order valence-corrected chi connectivity index (χ2v) is 6.79. The van der Waals surface area contributed by atoms with E-state index in [2.05, 4.69) is 29.7 Å². The van der Waals surface area contributed by atoms with Gasteiger partial charge in [-0.1, -0.05) is 25.1 Å². The van der Waals surface area contributed by atoms with E-state index in [1.807, 2.05) is 18.2 Å². The predicted octanol–water partition coefficient (Wildman–Crippen LogP) is 3.99. The van der Waals surface area contributed by atoms with Gasteiger partial charge >= 0.3 is 0 Å². The van der Waals surface area contributed by atoms with Crippen LogP contribution in [0.2, 0.25) is 0 Å². The Morgan fingerprint density at radius 2 is 2.05 bits per heavy atom. The second-order valence-electron chi connectivity index (χ2n) is 5.66. The van der Waals surface area contributed by atoms with Gasteiger partial charge in [-0.3, -0.25) is 4.79 Å². The van der Waals surface area contributed by atoms with Gasteiger partial charge in [0.15, 0.2) is 0 Å². The molecule has 1 aromatic heterocycles. The van der Waals surface area contributed by atoms with E-state index in [0.717, 1.165) is 42.1 Å². The van der Waals surface area contributed by atoms with E-state index in [0.29, 0.717) is 0 Å². The van der Waals surface area contributed by atoms with E-state index in [9.17, 15) is 4.79 Å². The molecule has 0 atom stereocenters. The fourth-order valence-corrected chi connectivity index (χ4v) is 3.99. The Morgan fingerprint density at radius 1 is 1.23 bits per heavy atom. The minimum absolute atomic E-state index is 0.0170. The number of hydrogen-bond acceptors (Lipinski definition) is 3. The summed E-state index contributed by atoms with van der Waals surface area (Å²) in [5, 5.41) is 6.39. The molecule has 2 N–H and O–H groups in total. The van der Waals surface area contributed by atoms with Gasteiger partial charge in [-0.25, -0.2) is 0 Å². The Kier molecular flexibility index (Phi) is 4.90. The summed E-state index contributed by atoms with van der Waals surface area (Å²) in [5.74, 6) is 0.0170. The van der Waals surface area contributed by atoms with Crippen molar-refractivity contribution in [3.63, 3.8) is 0 Å². The number of benzene rings is 1. The summed E-state index contributed by atoms with van der Waals surface area (Å²) in [6.07, 6.45) is 4.75. The van der Waals surface area contributed by atoms with Crippen LogP contribution in [0, 0.1) is 0 Å². The highest BCUT2D eigenvalue weighted by Crippen LogP contribution is 2.30. The zero-order valence-corrected chi connectivity index (χ0v) is 13.8. The van der Waals surface area contributed by atoms with Gasteiger partial charge in [0.2, 0.25) is 0 Å². The Labute approximate surface area is 135 Å². The predicted molar refractivity (Wildman–Crippen MR) is 92.7 cm³/mol. The van der Waals surface area contributed by atoms with E-state index in [1.54, 1.807) is 11.3 Å². The fraction of sp³-hybridized carbons (Fsp3) is 0.389. The molecular weight excluding hydrogens is 292 g/mol. The Balaban J connectivity index is 1.75. The summed E-state index contributed by atoms with van der Waals surface area (Å²) in [4.78, 5) is 14.8. The summed E-state index contributed by atoms with van der Waals surface area (Å²) >= 11 is 1.66. The third-order valence-electron chi connectivity index (χ3n) is 4.05. The first-order valence-corrected chi connectivity index (χ1v) is 8.81. The number of rotatable bonds is 5. The molecule has 22 heavy (non-hydrogen) atoms. The number of amides is 1. The molecule has 116 valence electrons. The molecule has 1 aromatic carbocycles. The maximum atomic E-state index is 12.5. The average Bonchev–Trinajstić information content (AvgIpc) is 2.98. The first-order chi connectivity index (χ1) is 10.8. The molecule has 1 aliphatic carbocycles. The van der Waals surface area contributed by atoms with Crippen LogP contribution in [-0.4, -0.2) is 12.5 Å². The fourth-order valence-electron chi connectivity index (χ4n) is 2.84. The highest BCUT2D eigenvalue weighted by atomic mass is 32.1. The summed E-state index contributed by atoms with van der Waals surface area (Å²) < 4.78 is 0. The van der Waals surface area contributed by atoms with Gasteiger partial charge in [0.1, 0.15) is 0 Å². The van der Waals surface area contributed by atoms with Crippen molar-refractivity contribution in [1.82, 2.24) is 5.32 Å². The lowest BCUT2D eigenvalue weighted by Crippen LogP contribution is -2.16. The largest absolute Gasteiger partial charge is 0.321 e. The van der Waals surface area contributed by atoms with Crippen LogP contribution in [0.1, 0.15) is 45.4 Å². The number of thiophene rings is 1. The van der Waals surface area contributed by atoms with Crippen molar-refractivity contribution in [2.75, 3.05) is 11.9 Å². The van der Waals surface area contributed by atoms with Gasteiger partial charge in [0.05, 0.1) is 4.88 Å². The lowest BCUT2D eigenvalue weighted by Gasteiger charge is -2.10. The molecule has 0 spiro atoms. The van der Waals surface area contributed by atoms with Crippen LogP contribution in [0.5, 0.6) is 0 Å². The SMILES string of the molecule is CCNCc1ccccc1NC(=O)c1cc2c(s1)CCCC2. The molecule has 2 aromatic rings. The molecular formula is C18H22N2OS. The van der Waals surface area contributed by atoms with Crippen LogP contribution in [0.25, 0.3) is 0 Å². The van der Waals surface area contributed by atoms with Gasteiger partial charge in [-0.15, -0.1) is 11.3 Å². The number of para-hydroxylation sites is 1. The molecule has 0 unspecified atom stereocenters. The van der Waals surface area contributed by atoms with Crippen LogP contribution >= 0.6 is 11.3 Å². The van der Waals surface area contributed by atoms with Crippen LogP contribution in [0.4, 0.5) is 5.69 Å². The maximum Gasteiger partial charge on any atom is 0.265 e. The van der Waals surface area contributed by atoms with Crippen LogP contribution in [-0.2, 0) is 19.4 Å². The van der Waals surface area contributed by atoms with Crippen molar-refractivity contribution >= 4 is 22.9 Å². The number of aryl methyl sites for hydroxylation is 2. The quantitative estimate of drug-likeness (QED) is 0.876. The highest BCUT2D eigenvalue weighted by Gasteiger charge is 2.17. The van der Waals surface area contributed by atoms with Crippen LogP contribution in [0.3, 0.4) is 0 Å². The topological polar surface area (TPSA) is 41.1 Å². The molecule has 4 heteroatoms. The van der Waals surface area contributed by atoms with Gasteiger partial charge in [-0.2, -0.15) is 0 Å². The van der Waals surface area contributed by atoms with E-state index >= 15 is 0 Å². The lowest BCUT2D eigenvalue weighted by molar-refractivity contribution is 0.103. The molecule has 3 nitrogen and oxygen atoms in total. The average molecular weight is 314 g/mol. The number of hydrogen-bond donors (Lipinski definition) is 2. The summed E-state index contributed by atoms with van der Waals surface area (Å²) in [7, 11) is 0. The van der Waals surface area contributed by atoms with E-state index < -0.39 is 0 Å². The molecule has 3 rings (SSSR count). The van der Waals surface area contributed by atoms with Crippen LogP contribution < -0.4 is 10.6 Å². The van der Waals surface area contributed by atoms with Gasteiger partial charge in [0.25, 0.3) is 5.91 Å². The Hall–Kier alpha value is -1.65. The molecule has 1 amide bonds. The smallest absolute Gasteiger partial charge is 0.265 e. The van der Waals surface area contributed by atoms with Gasteiger partial charge in [0, 0.05) is 17.1 Å². The van der Waals surface area contributed by atoms with Crippen LogP contribution in [0.15, 0.2) is 30.3 Å². The van der Waals surface area contributed by atoms with Crippen molar-refractivity contribution in [3.05, 3.63) is 51.2 Å². The Morgan fingerprint density at radius 3 is 2.86 bits per heavy atom. The first kappa shape index (κ1) is 15.3. The number of nitrogens with one attached hydrogen (secondary N) is 2. The van der Waals surface area contributed by atoms with Crippen molar-refractivity contribution in [2.45, 2.75) is 39.2 Å². The zero-order chi connectivity index (χ0) is 15.4. The van der Waals surface area contributed by atoms with Gasteiger partial charge in [-0.05, 0) is 55.5 Å². The molecule has 0 saturated heterocycles. The number of carbonyl (C=O) groups excluding carboxylic acids is 1. The van der Waals surface area contributed by atoms with Crippen molar-refractivity contribution < 1.29 is 4.79 Å². The highest BCUT2D eigenvalue weighted by molar-refractivity contribution is 7.14. The molecule has 0 fully saturated rings. The van der Waals surface area contributed by atoms with E-state index in [-0.39, 0.29) is 5.91 Å². The second kappa shape index (κ2) is 7.07. The maximum absolute atomic E-state index is 12.5. The summed E-state index contributed by atoms with van der Waals surface area (Å²) in [5.41, 5.74) is 3.40. The standard InChI is InChI=1S/C18H22N2OS/c1-2-19-12-14-8-3-5-9-15(14)20-18(21)17-11-13-7-4-6-10-16(13)22-17/h3,5,8-9,11,19H,2,4,6-7,10,12H2,1H3,(H,20,21). The summed E-state index contributed by atoms with van der Waals surface area (Å²) in [6, 6.07) is 10.1. The Bertz CT molecular complexity index is 639. The molecule has 0 bridgehead atoms. The molecule has 0 aliphatic heterocycles. The monoisotopic (exact) mass is 314 g/mol. The lowest BCUT2D eigenvalue weighted by atomic mass is 9.99. The minimum atomic E-state index is 0.0170. The van der Waals surface area contributed by atoms with E-state index in [1.165, 1.54) is 23.3 Å². The molecule has 1 heterocycles. The molecule has 1 aliphatic rings. The number of carbonyl (C=O) groups is 1. The first-order valence-electron chi connectivity index (χ1n) is 7.99. The molecule has 0 radical (unpaired) electrons. The third-order valence-corrected chi connectivity index (χ3v) is 5.29. The van der Waals surface area contributed by atoms with Crippen molar-refractivity contribution in [3.8, 4) is 0 Å². The molecule has 0 saturated carbocycles. The minimum Gasteiger partial charge on any atom is -0.321 e. The number of fused-ring (bicyclic) bond motifs is 1. The number of anilines is 1.